The van der Waals surface area contributed by atoms with Crippen LogP contribution < -0.4 is 0 Å². The fourth-order valence-corrected chi connectivity index (χ4v) is 2.53. The number of piperidine rings is 1. The zero-order chi connectivity index (χ0) is 15.3. The van der Waals surface area contributed by atoms with E-state index in [2.05, 4.69) is 0 Å². The standard InChI is InChI=1S/C16H27NO3/c1-12(2)10-13(11-18)14-8-6-7-9-17(14)15(19)20-16(3,4)5/h10-11,13-14H,6-9H2,1-5H3/t13-,14-/m1/s1. The van der Waals surface area contributed by atoms with Crippen molar-refractivity contribution in [3.8, 4) is 0 Å². The van der Waals surface area contributed by atoms with Gasteiger partial charge in [-0.15, -0.1) is 0 Å². The van der Waals surface area contributed by atoms with E-state index in [4.69, 9.17) is 4.74 Å². The molecule has 4 heteroatoms. The molecular weight excluding hydrogens is 254 g/mol. The molecule has 0 aliphatic carbocycles. The number of amides is 1. The maximum atomic E-state index is 12.3. The Bertz CT molecular complexity index is 378. The summed E-state index contributed by atoms with van der Waals surface area (Å²) in [5, 5.41) is 0. The van der Waals surface area contributed by atoms with Crippen molar-refractivity contribution in [3.63, 3.8) is 0 Å². The van der Waals surface area contributed by atoms with Gasteiger partial charge in [-0.05, 0) is 53.9 Å². The number of carbonyl (C=O) groups is 2. The smallest absolute Gasteiger partial charge is 0.410 e. The van der Waals surface area contributed by atoms with Gasteiger partial charge in [0.05, 0.1) is 5.92 Å². The normalized spacial score (nSPS) is 21.1. The SMILES string of the molecule is CC(C)=C[C@H](C=O)[C@H]1CCCCN1C(=O)OC(C)(C)C. The molecule has 2 atom stereocenters. The van der Waals surface area contributed by atoms with E-state index in [0.717, 1.165) is 31.1 Å². The van der Waals surface area contributed by atoms with Crippen LogP contribution in [0.4, 0.5) is 4.79 Å². The van der Waals surface area contributed by atoms with Gasteiger partial charge in [-0.3, -0.25) is 0 Å². The lowest BCUT2D eigenvalue weighted by Crippen LogP contribution is -2.49. The minimum atomic E-state index is -0.508. The monoisotopic (exact) mass is 281 g/mol. The quantitative estimate of drug-likeness (QED) is 0.587. The second kappa shape index (κ2) is 6.91. The highest BCUT2D eigenvalue weighted by Gasteiger charge is 2.34. The Kier molecular flexibility index (Phi) is 5.78. The average molecular weight is 281 g/mol. The molecule has 0 spiro atoms. The Morgan fingerprint density at radius 1 is 1.30 bits per heavy atom. The number of ether oxygens (including phenoxy) is 1. The minimum absolute atomic E-state index is 0.0778. The van der Waals surface area contributed by atoms with Crippen LogP contribution in [0.1, 0.15) is 53.9 Å². The summed E-state index contributed by atoms with van der Waals surface area (Å²) in [4.78, 5) is 25.4. The van der Waals surface area contributed by atoms with Crippen molar-refractivity contribution in [3.05, 3.63) is 11.6 Å². The van der Waals surface area contributed by atoms with Gasteiger partial charge in [-0.2, -0.15) is 0 Å². The molecule has 114 valence electrons. The van der Waals surface area contributed by atoms with Crippen LogP contribution in [0, 0.1) is 5.92 Å². The van der Waals surface area contributed by atoms with Crippen LogP contribution in [0.3, 0.4) is 0 Å². The lowest BCUT2D eigenvalue weighted by atomic mass is 9.90. The summed E-state index contributed by atoms with van der Waals surface area (Å²) < 4.78 is 5.46. The van der Waals surface area contributed by atoms with Crippen LogP contribution in [-0.4, -0.2) is 35.5 Å². The van der Waals surface area contributed by atoms with Gasteiger partial charge in [-0.25, -0.2) is 4.79 Å². The summed E-state index contributed by atoms with van der Waals surface area (Å²) >= 11 is 0. The molecule has 20 heavy (non-hydrogen) atoms. The predicted octanol–water partition coefficient (Wildman–Crippen LogP) is 3.56. The summed E-state index contributed by atoms with van der Waals surface area (Å²) in [6.07, 6.45) is 5.45. The Balaban J connectivity index is 2.88. The molecular formula is C16H27NO3. The van der Waals surface area contributed by atoms with Gasteiger partial charge in [0.2, 0.25) is 0 Å². The molecule has 0 aromatic rings. The second-order valence-corrected chi connectivity index (χ2v) is 6.69. The molecule has 0 saturated carbocycles. The van der Waals surface area contributed by atoms with E-state index in [1.807, 2.05) is 40.7 Å². The highest BCUT2D eigenvalue weighted by atomic mass is 16.6. The molecule has 0 bridgehead atoms. The average Bonchev–Trinajstić information content (AvgIpc) is 2.33. The zero-order valence-electron chi connectivity index (χ0n) is 13.3. The molecule has 0 unspecified atom stereocenters. The molecule has 1 amide bonds. The number of likely N-dealkylation sites (tertiary alicyclic amines) is 1. The van der Waals surface area contributed by atoms with Crippen molar-refractivity contribution in [2.75, 3.05) is 6.54 Å². The Morgan fingerprint density at radius 2 is 1.95 bits per heavy atom. The molecule has 1 aliphatic heterocycles. The molecule has 0 N–H and O–H groups in total. The highest BCUT2D eigenvalue weighted by Crippen LogP contribution is 2.26. The largest absolute Gasteiger partial charge is 0.444 e. The lowest BCUT2D eigenvalue weighted by molar-refractivity contribution is -0.111. The first-order chi connectivity index (χ1) is 9.24. The second-order valence-electron chi connectivity index (χ2n) is 6.69. The summed E-state index contributed by atoms with van der Waals surface area (Å²) in [6.45, 7) is 10.2. The van der Waals surface area contributed by atoms with E-state index in [1.54, 1.807) is 4.90 Å². The third-order valence-electron chi connectivity index (χ3n) is 3.30. The maximum absolute atomic E-state index is 12.3. The molecule has 0 radical (unpaired) electrons. The predicted molar refractivity (Wildman–Crippen MR) is 79.6 cm³/mol. The number of hydrogen-bond acceptors (Lipinski definition) is 3. The van der Waals surface area contributed by atoms with Gasteiger partial charge in [0.15, 0.2) is 0 Å². The summed E-state index contributed by atoms with van der Waals surface area (Å²) in [7, 11) is 0. The van der Waals surface area contributed by atoms with Crippen molar-refractivity contribution < 1.29 is 14.3 Å². The number of rotatable bonds is 3. The van der Waals surface area contributed by atoms with E-state index < -0.39 is 5.60 Å². The first kappa shape index (κ1) is 16.7. The minimum Gasteiger partial charge on any atom is -0.444 e. The summed E-state index contributed by atoms with van der Waals surface area (Å²) in [5.74, 6) is -0.243. The van der Waals surface area contributed by atoms with Gasteiger partial charge in [0.1, 0.15) is 11.9 Å². The molecule has 1 fully saturated rings. The lowest BCUT2D eigenvalue weighted by Gasteiger charge is -2.38. The van der Waals surface area contributed by atoms with Crippen molar-refractivity contribution in [2.24, 2.45) is 5.92 Å². The first-order valence-corrected chi connectivity index (χ1v) is 7.34. The Labute approximate surface area is 122 Å². The maximum Gasteiger partial charge on any atom is 0.410 e. The molecule has 0 aromatic heterocycles. The van der Waals surface area contributed by atoms with Gasteiger partial charge < -0.3 is 14.4 Å². The highest BCUT2D eigenvalue weighted by molar-refractivity contribution is 5.70. The Hall–Kier alpha value is -1.32. The molecule has 1 saturated heterocycles. The van der Waals surface area contributed by atoms with Gasteiger partial charge >= 0.3 is 6.09 Å². The fraction of sp³-hybridized carbons (Fsp3) is 0.750. The van der Waals surface area contributed by atoms with E-state index in [0.29, 0.717) is 6.54 Å². The summed E-state index contributed by atoms with van der Waals surface area (Å²) in [5.41, 5.74) is 0.587. The number of hydrogen-bond donors (Lipinski definition) is 0. The molecule has 4 nitrogen and oxygen atoms in total. The third kappa shape index (κ3) is 4.99. The zero-order valence-corrected chi connectivity index (χ0v) is 13.3. The van der Waals surface area contributed by atoms with Crippen LogP contribution in [0.15, 0.2) is 11.6 Å². The fourth-order valence-electron chi connectivity index (χ4n) is 2.53. The van der Waals surface area contributed by atoms with Crippen molar-refractivity contribution in [1.29, 1.82) is 0 Å². The number of nitrogens with zero attached hydrogens (tertiary/aromatic N) is 1. The topological polar surface area (TPSA) is 46.6 Å². The van der Waals surface area contributed by atoms with Crippen LogP contribution in [0.5, 0.6) is 0 Å². The number of carbonyl (C=O) groups excluding carboxylic acids is 2. The molecule has 1 rings (SSSR count). The van der Waals surface area contributed by atoms with Crippen LogP contribution in [0.25, 0.3) is 0 Å². The van der Waals surface area contributed by atoms with Crippen LogP contribution in [0.2, 0.25) is 0 Å². The van der Waals surface area contributed by atoms with E-state index in [9.17, 15) is 9.59 Å². The van der Waals surface area contributed by atoms with Crippen molar-refractivity contribution in [2.45, 2.75) is 65.5 Å². The molecule has 1 aliphatic rings. The number of aldehydes is 1. The Morgan fingerprint density at radius 3 is 2.45 bits per heavy atom. The van der Waals surface area contributed by atoms with Crippen molar-refractivity contribution in [1.82, 2.24) is 4.90 Å². The van der Waals surface area contributed by atoms with Gasteiger partial charge in [0.25, 0.3) is 0 Å². The first-order valence-electron chi connectivity index (χ1n) is 7.34. The van der Waals surface area contributed by atoms with Crippen molar-refractivity contribution >= 4 is 12.4 Å². The van der Waals surface area contributed by atoms with E-state index in [1.165, 1.54) is 0 Å². The van der Waals surface area contributed by atoms with Crippen LogP contribution >= 0.6 is 0 Å². The summed E-state index contributed by atoms with van der Waals surface area (Å²) in [6, 6.07) is -0.0778. The van der Waals surface area contributed by atoms with Crippen LogP contribution in [-0.2, 0) is 9.53 Å². The molecule has 0 aromatic carbocycles. The third-order valence-corrected chi connectivity index (χ3v) is 3.30. The van der Waals surface area contributed by atoms with E-state index in [-0.39, 0.29) is 18.1 Å². The van der Waals surface area contributed by atoms with Gasteiger partial charge in [-0.1, -0.05) is 11.6 Å². The van der Waals surface area contributed by atoms with Gasteiger partial charge in [0, 0.05) is 12.6 Å². The number of allylic oxidation sites excluding steroid dienone is 1. The van der Waals surface area contributed by atoms with E-state index >= 15 is 0 Å². The molecule has 1 heterocycles.